The van der Waals surface area contributed by atoms with E-state index in [9.17, 15) is 14.7 Å². The Kier molecular flexibility index (Phi) is 6.56. The Hall–Kier alpha value is -1.68. The molecule has 0 aliphatic carbocycles. The Balaban J connectivity index is 2.39. The first kappa shape index (κ1) is 17.4. The van der Waals surface area contributed by atoms with Crippen molar-refractivity contribution in [1.29, 1.82) is 0 Å². The van der Waals surface area contributed by atoms with Gasteiger partial charge in [-0.05, 0) is 19.8 Å². The summed E-state index contributed by atoms with van der Waals surface area (Å²) in [6.45, 7) is 5.97. The zero-order chi connectivity index (χ0) is 15.9. The molecule has 21 heavy (non-hydrogen) atoms. The van der Waals surface area contributed by atoms with Gasteiger partial charge in [0.05, 0.1) is 5.60 Å². The normalized spacial score (nSPS) is 11.2. The molecule has 0 heterocycles. The van der Waals surface area contributed by atoms with Crippen LogP contribution in [0.25, 0.3) is 0 Å². The third-order valence-electron chi connectivity index (χ3n) is 3.88. The largest absolute Gasteiger partial charge is 0.388 e. The van der Waals surface area contributed by atoms with Crippen molar-refractivity contribution in [2.45, 2.75) is 52.1 Å². The maximum absolute atomic E-state index is 11.9. The minimum Gasteiger partial charge on any atom is -0.388 e. The number of aliphatic hydroxyl groups is 1. The highest BCUT2D eigenvalue weighted by molar-refractivity contribution is 5.97. The molecule has 0 fully saturated rings. The van der Waals surface area contributed by atoms with Crippen molar-refractivity contribution in [3.05, 3.63) is 35.4 Å². The Bertz CT molecular complexity index is 475. The molecule has 4 heteroatoms. The number of hydrogen-bond donors (Lipinski definition) is 2. The van der Waals surface area contributed by atoms with Crippen LogP contribution in [0.15, 0.2) is 24.3 Å². The summed E-state index contributed by atoms with van der Waals surface area (Å²) in [5.74, 6) is -0.234. The zero-order valence-corrected chi connectivity index (χ0v) is 13.1. The molecule has 0 aliphatic rings. The number of carbonyl (C=O) groups is 2. The molecule has 1 rings (SSSR count). The molecule has 0 radical (unpaired) electrons. The van der Waals surface area contributed by atoms with E-state index in [2.05, 4.69) is 5.32 Å². The predicted molar refractivity (Wildman–Crippen MR) is 83.3 cm³/mol. The van der Waals surface area contributed by atoms with E-state index >= 15 is 0 Å². The van der Waals surface area contributed by atoms with Crippen LogP contribution in [0.1, 0.15) is 55.5 Å². The molecule has 0 atom stereocenters. The summed E-state index contributed by atoms with van der Waals surface area (Å²) in [7, 11) is 0. The van der Waals surface area contributed by atoms with Crippen molar-refractivity contribution < 1.29 is 14.7 Å². The molecule has 0 bridgehead atoms. The maximum atomic E-state index is 11.9. The van der Waals surface area contributed by atoms with Crippen molar-refractivity contribution in [2.75, 3.05) is 6.54 Å². The lowest BCUT2D eigenvalue weighted by Crippen LogP contribution is -2.42. The van der Waals surface area contributed by atoms with Gasteiger partial charge in [-0.3, -0.25) is 9.59 Å². The standard InChI is InChI=1S/C17H25NO3/c1-4-17(21,5-2)12-18-16(20)11-10-15(19)14-8-6-13(3)7-9-14/h6-9,21H,4-5,10-12H2,1-3H3,(H,18,20). The van der Waals surface area contributed by atoms with Crippen LogP contribution in [0.4, 0.5) is 0 Å². The molecule has 1 aromatic rings. The number of carbonyl (C=O) groups excluding carboxylic acids is 2. The van der Waals surface area contributed by atoms with Crippen LogP contribution < -0.4 is 5.32 Å². The summed E-state index contributed by atoms with van der Waals surface area (Å²) in [4.78, 5) is 23.7. The summed E-state index contributed by atoms with van der Waals surface area (Å²) in [6.07, 6.45) is 1.51. The molecule has 0 unspecified atom stereocenters. The average Bonchev–Trinajstić information content (AvgIpc) is 2.51. The van der Waals surface area contributed by atoms with Crippen LogP contribution in [0.5, 0.6) is 0 Å². The quantitative estimate of drug-likeness (QED) is 0.724. The average molecular weight is 291 g/mol. The highest BCUT2D eigenvalue weighted by Gasteiger charge is 2.22. The van der Waals surface area contributed by atoms with Gasteiger partial charge >= 0.3 is 0 Å². The van der Waals surface area contributed by atoms with Crippen LogP contribution in [0.3, 0.4) is 0 Å². The lowest BCUT2D eigenvalue weighted by atomic mass is 9.97. The van der Waals surface area contributed by atoms with Crippen molar-refractivity contribution in [2.24, 2.45) is 0 Å². The highest BCUT2D eigenvalue weighted by Crippen LogP contribution is 2.13. The first-order valence-corrected chi connectivity index (χ1v) is 7.49. The number of benzene rings is 1. The van der Waals surface area contributed by atoms with Gasteiger partial charge in [0.1, 0.15) is 0 Å². The zero-order valence-electron chi connectivity index (χ0n) is 13.1. The number of Topliss-reactive ketones (excluding diaryl/α,β-unsaturated/α-hetero) is 1. The first-order chi connectivity index (χ1) is 9.90. The summed E-state index contributed by atoms with van der Waals surface area (Å²) in [6, 6.07) is 7.33. The summed E-state index contributed by atoms with van der Waals surface area (Å²) < 4.78 is 0. The second kappa shape index (κ2) is 7.93. The van der Waals surface area contributed by atoms with Gasteiger partial charge in [-0.15, -0.1) is 0 Å². The first-order valence-electron chi connectivity index (χ1n) is 7.49. The van der Waals surface area contributed by atoms with Crippen LogP contribution in [-0.2, 0) is 4.79 Å². The van der Waals surface area contributed by atoms with Crippen LogP contribution >= 0.6 is 0 Å². The van der Waals surface area contributed by atoms with E-state index in [1.807, 2.05) is 32.9 Å². The summed E-state index contributed by atoms with van der Waals surface area (Å²) >= 11 is 0. The minimum atomic E-state index is -0.851. The van der Waals surface area contributed by atoms with Gasteiger partial charge in [0.15, 0.2) is 5.78 Å². The maximum Gasteiger partial charge on any atom is 0.220 e. The van der Waals surface area contributed by atoms with Crippen LogP contribution in [0, 0.1) is 6.92 Å². The summed E-state index contributed by atoms with van der Waals surface area (Å²) in [5, 5.41) is 12.8. The van der Waals surface area contributed by atoms with Crippen LogP contribution in [-0.4, -0.2) is 28.9 Å². The SMILES string of the molecule is CCC(O)(CC)CNC(=O)CCC(=O)c1ccc(C)cc1. The number of aryl methyl sites for hydroxylation is 1. The third-order valence-corrected chi connectivity index (χ3v) is 3.88. The smallest absolute Gasteiger partial charge is 0.220 e. The highest BCUT2D eigenvalue weighted by atomic mass is 16.3. The molecule has 1 amide bonds. The molecular weight excluding hydrogens is 266 g/mol. The molecule has 0 saturated heterocycles. The molecule has 0 spiro atoms. The van der Waals surface area contributed by atoms with E-state index in [1.54, 1.807) is 12.1 Å². The predicted octanol–water partition coefficient (Wildman–Crippen LogP) is 2.63. The number of amides is 1. The van der Waals surface area contributed by atoms with E-state index in [0.717, 1.165) is 5.56 Å². The fourth-order valence-electron chi connectivity index (χ4n) is 1.96. The Morgan fingerprint density at radius 2 is 1.67 bits per heavy atom. The van der Waals surface area contributed by atoms with E-state index in [-0.39, 0.29) is 31.1 Å². The molecule has 0 aliphatic heterocycles. The second-order valence-corrected chi connectivity index (χ2v) is 5.50. The Morgan fingerprint density at radius 1 is 1.10 bits per heavy atom. The van der Waals surface area contributed by atoms with E-state index < -0.39 is 5.60 Å². The minimum absolute atomic E-state index is 0.0357. The molecule has 116 valence electrons. The van der Waals surface area contributed by atoms with Crippen molar-refractivity contribution in [3.8, 4) is 0 Å². The van der Waals surface area contributed by atoms with Crippen molar-refractivity contribution in [3.63, 3.8) is 0 Å². The molecule has 2 N–H and O–H groups in total. The molecule has 1 aromatic carbocycles. The Labute approximate surface area is 126 Å². The number of hydrogen-bond acceptors (Lipinski definition) is 3. The molecule has 0 aromatic heterocycles. The van der Waals surface area contributed by atoms with Gasteiger partial charge in [-0.25, -0.2) is 0 Å². The number of ketones is 1. The lowest BCUT2D eigenvalue weighted by Gasteiger charge is -2.25. The topological polar surface area (TPSA) is 66.4 Å². The number of nitrogens with one attached hydrogen (secondary N) is 1. The van der Waals surface area contributed by atoms with Gasteiger partial charge in [0, 0.05) is 24.9 Å². The van der Waals surface area contributed by atoms with E-state index in [4.69, 9.17) is 0 Å². The van der Waals surface area contributed by atoms with Crippen molar-refractivity contribution in [1.82, 2.24) is 5.32 Å². The summed E-state index contributed by atoms with van der Waals surface area (Å²) in [5.41, 5.74) is 0.881. The second-order valence-electron chi connectivity index (χ2n) is 5.50. The Morgan fingerprint density at radius 3 is 2.19 bits per heavy atom. The third kappa shape index (κ3) is 5.68. The van der Waals surface area contributed by atoms with E-state index in [1.165, 1.54) is 0 Å². The lowest BCUT2D eigenvalue weighted by molar-refractivity contribution is -0.122. The van der Waals surface area contributed by atoms with Crippen molar-refractivity contribution >= 4 is 11.7 Å². The van der Waals surface area contributed by atoms with Gasteiger partial charge in [0.25, 0.3) is 0 Å². The molecule has 4 nitrogen and oxygen atoms in total. The fourth-order valence-corrected chi connectivity index (χ4v) is 1.96. The molecular formula is C17H25NO3. The van der Waals surface area contributed by atoms with E-state index in [0.29, 0.717) is 18.4 Å². The van der Waals surface area contributed by atoms with Crippen LogP contribution in [0.2, 0.25) is 0 Å². The molecule has 0 saturated carbocycles. The van der Waals surface area contributed by atoms with Gasteiger partial charge in [-0.2, -0.15) is 0 Å². The van der Waals surface area contributed by atoms with Gasteiger partial charge in [0.2, 0.25) is 5.91 Å². The fraction of sp³-hybridized carbons (Fsp3) is 0.529. The van der Waals surface area contributed by atoms with Gasteiger partial charge < -0.3 is 10.4 Å². The monoisotopic (exact) mass is 291 g/mol. The van der Waals surface area contributed by atoms with Gasteiger partial charge in [-0.1, -0.05) is 43.7 Å². The number of rotatable bonds is 8.